The minimum absolute atomic E-state index is 0.0840. The lowest BCUT2D eigenvalue weighted by molar-refractivity contribution is 0.588. The second kappa shape index (κ2) is 6.61. The molecule has 1 aromatic rings. The van der Waals surface area contributed by atoms with Crippen LogP contribution in [0.15, 0.2) is 4.90 Å². The number of hydrogen-bond donors (Lipinski definition) is 0. The molecule has 1 aromatic carbocycles. The van der Waals surface area contributed by atoms with Crippen molar-refractivity contribution in [2.45, 2.75) is 46.4 Å². The zero-order valence-electron chi connectivity index (χ0n) is 14.0. The average molecular weight is 331 g/mol. The standard InChI is InChI=1S/C16H26O3S2/c1-10(9-21(7,18)19)8-20(17)16-14(5)12(3)11(2)13(4)15(16)6/h10H,8-9H2,1-7H3/t10-,20-/m0/s1. The molecule has 0 aliphatic heterocycles. The van der Waals surface area contributed by atoms with E-state index in [-0.39, 0.29) is 11.7 Å². The monoisotopic (exact) mass is 330 g/mol. The Morgan fingerprint density at radius 3 is 1.67 bits per heavy atom. The first kappa shape index (κ1) is 18.4. The quantitative estimate of drug-likeness (QED) is 0.834. The lowest BCUT2D eigenvalue weighted by Crippen LogP contribution is -2.19. The van der Waals surface area contributed by atoms with Gasteiger partial charge in [0.15, 0.2) is 0 Å². The van der Waals surface area contributed by atoms with Crippen LogP contribution in [0.4, 0.5) is 0 Å². The molecule has 1 rings (SSSR count). The minimum Gasteiger partial charge on any atom is -0.254 e. The molecule has 0 N–H and O–H groups in total. The summed E-state index contributed by atoms with van der Waals surface area (Å²) in [4.78, 5) is 0.885. The predicted molar refractivity (Wildman–Crippen MR) is 90.3 cm³/mol. The van der Waals surface area contributed by atoms with Gasteiger partial charge >= 0.3 is 0 Å². The highest BCUT2D eigenvalue weighted by atomic mass is 32.2. The smallest absolute Gasteiger partial charge is 0.147 e. The van der Waals surface area contributed by atoms with Gasteiger partial charge in [0.05, 0.1) is 16.6 Å². The van der Waals surface area contributed by atoms with Crippen LogP contribution in [-0.2, 0) is 20.6 Å². The Bertz CT molecular complexity index is 644. The predicted octanol–water partition coefficient (Wildman–Crippen LogP) is 3.02. The highest BCUT2D eigenvalue weighted by Gasteiger charge is 2.20. The van der Waals surface area contributed by atoms with E-state index in [1.54, 1.807) is 0 Å². The molecule has 0 amide bonds. The Morgan fingerprint density at radius 1 is 0.905 bits per heavy atom. The van der Waals surface area contributed by atoms with Crippen molar-refractivity contribution >= 4 is 20.6 Å². The Kier molecular flexibility index (Phi) is 5.78. The van der Waals surface area contributed by atoms with Crippen LogP contribution in [-0.4, -0.2) is 30.4 Å². The first-order valence-electron chi connectivity index (χ1n) is 7.08. The summed E-state index contributed by atoms with van der Waals surface area (Å²) in [6.07, 6.45) is 1.23. The molecule has 0 unspecified atom stereocenters. The summed E-state index contributed by atoms with van der Waals surface area (Å²) in [7, 11) is -4.19. The van der Waals surface area contributed by atoms with Crippen LogP contribution in [0.5, 0.6) is 0 Å². The lowest BCUT2D eigenvalue weighted by atomic mass is 9.95. The Morgan fingerprint density at radius 2 is 1.29 bits per heavy atom. The zero-order valence-corrected chi connectivity index (χ0v) is 15.7. The maximum absolute atomic E-state index is 12.7. The van der Waals surface area contributed by atoms with E-state index in [1.807, 2.05) is 20.8 Å². The third kappa shape index (κ3) is 4.39. The third-order valence-corrected chi connectivity index (χ3v) is 7.30. The van der Waals surface area contributed by atoms with Crippen molar-refractivity contribution in [1.82, 2.24) is 0 Å². The fourth-order valence-corrected chi connectivity index (χ4v) is 5.81. The fourth-order valence-electron chi connectivity index (χ4n) is 2.71. The maximum Gasteiger partial charge on any atom is 0.147 e. The van der Waals surface area contributed by atoms with Gasteiger partial charge in [-0.05, 0) is 68.4 Å². The van der Waals surface area contributed by atoms with Gasteiger partial charge in [-0.2, -0.15) is 0 Å². The normalized spacial score (nSPS) is 15.0. The molecular weight excluding hydrogens is 304 g/mol. The van der Waals surface area contributed by atoms with E-state index >= 15 is 0 Å². The SMILES string of the molecule is Cc1c(C)c(C)c([S@@](=O)C[C@H](C)CS(C)(=O)=O)c(C)c1C. The molecule has 0 heterocycles. The molecule has 2 atom stereocenters. The molecule has 3 nitrogen and oxygen atoms in total. The summed E-state index contributed by atoms with van der Waals surface area (Å²) in [5, 5.41) is 0. The third-order valence-electron chi connectivity index (χ3n) is 4.18. The molecule has 0 fully saturated rings. The van der Waals surface area contributed by atoms with Crippen LogP contribution in [0, 0.1) is 40.5 Å². The summed E-state index contributed by atoms with van der Waals surface area (Å²) in [6.45, 7) is 12.0. The number of rotatable bonds is 5. The molecule has 0 aliphatic carbocycles. The summed E-state index contributed by atoms with van der Waals surface area (Å²) >= 11 is 0. The number of hydrogen-bond acceptors (Lipinski definition) is 3. The van der Waals surface area contributed by atoms with Gasteiger partial charge < -0.3 is 0 Å². The average Bonchev–Trinajstić information content (AvgIpc) is 2.31. The molecule has 5 heteroatoms. The Labute approximate surface area is 131 Å². The van der Waals surface area contributed by atoms with Crippen LogP contribution in [0.2, 0.25) is 0 Å². The van der Waals surface area contributed by atoms with Crippen molar-refractivity contribution in [3.63, 3.8) is 0 Å². The molecule has 0 radical (unpaired) electrons. The maximum atomic E-state index is 12.7. The van der Waals surface area contributed by atoms with E-state index in [0.717, 1.165) is 16.0 Å². The second-order valence-corrected chi connectivity index (χ2v) is 9.78. The summed E-state index contributed by atoms with van der Waals surface area (Å²) in [6, 6.07) is 0. The Balaban J connectivity index is 3.15. The highest BCUT2D eigenvalue weighted by Crippen LogP contribution is 2.29. The summed E-state index contributed by atoms with van der Waals surface area (Å²) in [5.74, 6) is 0.360. The second-order valence-electron chi connectivity index (χ2n) is 6.16. The van der Waals surface area contributed by atoms with Crippen molar-refractivity contribution < 1.29 is 12.6 Å². The van der Waals surface area contributed by atoms with Gasteiger partial charge in [-0.15, -0.1) is 0 Å². The van der Waals surface area contributed by atoms with E-state index in [2.05, 4.69) is 20.8 Å². The fraction of sp³-hybridized carbons (Fsp3) is 0.625. The van der Waals surface area contributed by atoms with Gasteiger partial charge in [0.2, 0.25) is 0 Å². The molecule has 0 bridgehead atoms. The van der Waals surface area contributed by atoms with Crippen molar-refractivity contribution in [2.75, 3.05) is 17.8 Å². The minimum atomic E-state index is -3.03. The van der Waals surface area contributed by atoms with Crippen LogP contribution < -0.4 is 0 Å². The van der Waals surface area contributed by atoms with Crippen molar-refractivity contribution in [2.24, 2.45) is 5.92 Å². The van der Waals surface area contributed by atoms with Crippen molar-refractivity contribution in [3.05, 3.63) is 27.8 Å². The molecule has 0 aromatic heterocycles. The number of benzene rings is 1. The molecule has 0 spiro atoms. The Hall–Kier alpha value is -0.680. The topological polar surface area (TPSA) is 51.2 Å². The van der Waals surface area contributed by atoms with Crippen LogP contribution in [0.25, 0.3) is 0 Å². The molecule has 0 saturated carbocycles. The summed E-state index contributed by atoms with van der Waals surface area (Å²) in [5.41, 5.74) is 5.74. The van der Waals surface area contributed by atoms with Crippen LogP contribution in [0.3, 0.4) is 0 Å². The van der Waals surface area contributed by atoms with Gasteiger partial charge in [0, 0.05) is 16.9 Å². The van der Waals surface area contributed by atoms with Crippen molar-refractivity contribution in [1.29, 1.82) is 0 Å². The first-order valence-corrected chi connectivity index (χ1v) is 10.5. The van der Waals surface area contributed by atoms with E-state index in [1.165, 1.54) is 22.9 Å². The van der Waals surface area contributed by atoms with Gasteiger partial charge in [-0.1, -0.05) is 6.92 Å². The molecular formula is C16H26O3S2. The van der Waals surface area contributed by atoms with Gasteiger partial charge in [0.25, 0.3) is 0 Å². The molecule has 0 saturated heterocycles. The molecule has 0 aliphatic rings. The highest BCUT2D eigenvalue weighted by molar-refractivity contribution is 7.90. The van der Waals surface area contributed by atoms with E-state index in [0.29, 0.717) is 5.75 Å². The van der Waals surface area contributed by atoms with Gasteiger partial charge in [-0.3, -0.25) is 4.21 Å². The largest absolute Gasteiger partial charge is 0.254 e. The van der Waals surface area contributed by atoms with E-state index in [4.69, 9.17) is 0 Å². The van der Waals surface area contributed by atoms with Crippen LogP contribution >= 0.6 is 0 Å². The summed E-state index contributed by atoms with van der Waals surface area (Å²) < 4.78 is 35.4. The lowest BCUT2D eigenvalue weighted by Gasteiger charge is -2.19. The van der Waals surface area contributed by atoms with Gasteiger partial charge in [0.1, 0.15) is 9.84 Å². The first-order chi connectivity index (χ1) is 9.45. The zero-order chi connectivity index (χ0) is 16.5. The van der Waals surface area contributed by atoms with E-state index in [9.17, 15) is 12.6 Å². The molecule has 120 valence electrons. The number of sulfone groups is 1. The van der Waals surface area contributed by atoms with Crippen molar-refractivity contribution in [3.8, 4) is 0 Å². The van der Waals surface area contributed by atoms with Gasteiger partial charge in [-0.25, -0.2) is 8.42 Å². The van der Waals surface area contributed by atoms with Crippen LogP contribution in [0.1, 0.15) is 34.7 Å². The molecule has 21 heavy (non-hydrogen) atoms. The van der Waals surface area contributed by atoms with E-state index < -0.39 is 20.6 Å².